The minimum absolute atomic E-state index is 0.0702. The zero-order valence-corrected chi connectivity index (χ0v) is 13.2. The van der Waals surface area contributed by atoms with Crippen molar-refractivity contribution in [3.05, 3.63) is 42.2 Å². The van der Waals surface area contributed by atoms with E-state index in [1.54, 1.807) is 45.0 Å². The molecular formula is C17H17NO5. The highest BCUT2D eigenvalue weighted by molar-refractivity contribution is 6.22. The van der Waals surface area contributed by atoms with Gasteiger partial charge in [-0.2, -0.15) is 0 Å². The minimum atomic E-state index is -1.51. The number of hydrogen-bond acceptors (Lipinski definition) is 5. The maximum absolute atomic E-state index is 12.9. The molecule has 120 valence electrons. The molecule has 1 aromatic carbocycles. The van der Waals surface area contributed by atoms with Gasteiger partial charge in [-0.05, 0) is 26.8 Å². The Morgan fingerprint density at radius 1 is 1.30 bits per heavy atom. The van der Waals surface area contributed by atoms with E-state index in [0.717, 1.165) is 4.90 Å². The number of carbonyl (C=O) groups excluding carboxylic acids is 3. The van der Waals surface area contributed by atoms with Crippen molar-refractivity contribution in [2.24, 2.45) is 0 Å². The number of para-hydroxylation sites is 1. The summed E-state index contributed by atoms with van der Waals surface area (Å²) in [5, 5.41) is 0. The van der Waals surface area contributed by atoms with Crippen molar-refractivity contribution in [3.63, 3.8) is 0 Å². The van der Waals surface area contributed by atoms with Crippen molar-refractivity contribution >= 4 is 23.5 Å². The Hall–Kier alpha value is -2.63. The van der Waals surface area contributed by atoms with Gasteiger partial charge in [-0.1, -0.05) is 24.8 Å². The normalized spacial score (nSPS) is 23.3. The number of fused-ring (bicyclic) bond motifs is 2. The smallest absolute Gasteiger partial charge is 0.421 e. The van der Waals surface area contributed by atoms with Gasteiger partial charge in [0, 0.05) is 5.56 Å². The number of nitrogens with zero attached hydrogens (tertiary/aromatic N) is 1. The highest BCUT2D eigenvalue weighted by Gasteiger charge is 2.60. The molecule has 0 radical (unpaired) electrons. The summed E-state index contributed by atoms with van der Waals surface area (Å²) in [5.74, 6) is -1.04. The van der Waals surface area contributed by atoms with Gasteiger partial charge in [0.1, 0.15) is 5.60 Å². The lowest BCUT2D eigenvalue weighted by Crippen LogP contribution is -2.45. The van der Waals surface area contributed by atoms with E-state index in [4.69, 9.17) is 9.47 Å². The average molecular weight is 315 g/mol. The Kier molecular flexibility index (Phi) is 3.11. The lowest BCUT2D eigenvalue weighted by Gasteiger charge is -2.25. The molecular weight excluding hydrogens is 298 g/mol. The van der Waals surface area contributed by atoms with Crippen molar-refractivity contribution in [1.29, 1.82) is 0 Å². The van der Waals surface area contributed by atoms with E-state index in [9.17, 15) is 14.4 Å². The highest BCUT2D eigenvalue weighted by atomic mass is 16.6. The molecule has 2 heterocycles. The number of anilines is 1. The van der Waals surface area contributed by atoms with Gasteiger partial charge >= 0.3 is 6.09 Å². The quantitative estimate of drug-likeness (QED) is 0.688. The van der Waals surface area contributed by atoms with Gasteiger partial charge in [0.15, 0.2) is 5.76 Å². The molecule has 1 aromatic rings. The monoisotopic (exact) mass is 315 g/mol. The van der Waals surface area contributed by atoms with Crippen LogP contribution >= 0.6 is 0 Å². The number of ether oxygens (including phenoxy) is 2. The predicted molar refractivity (Wildman–Crippen MR) is 81.7 cm³/mol. The summed E-state index contributed by atoms with van der Waals surface area (Å²) in [4.78, 5) is 38.2. The number of ketones is 1. The number of hydrogen-bond donors (Lipinski definition) is 0. The van der Waals surface area contributed by atoms with E-state index < -0.39 is 23.2 Å². The predicted octanol–water partition coefficient (Wildman–Crippen LogP) is 2.67. The second-order valence-electron chi connectivity index (χ2n) is 6.59. The molecule has 2 aliphatic heterocycles. The molecule has 1 saturated heterocycles. The maximum Gasteiger partial charge on any atom is 0.421 e. The molecule has 0 saturated carbocycles. The lowest BCUT2D eigenvalue weighted by atomic mass is 9.92. The van der Waals surface area contributed by atoms with Gasteiger partial charge in [-0.3, -0.25) is 9.59 Å². The third kappa shape index (κ3) is 2.21. The molecule has 2 aliphatic rings. The fourth-order valence-corrected chi connectivity index (χ4v) is 2.80. The van der Waals surface area contributed by atoms with Crippen molar-refractivity contribution < 1.29 is 23.9 Å². The summed E-state index contributed by atoms with van der Waals surface area (Å²) < 4.78 is 10.8. The van der Waals surface area contributed by atoms with Crippen LogP contribution in [0.2, 0.25) is 0 Å². The number of benzene rings is 1. The Labute approximate surface area is 133 Å². The summed E-state index contributed by atoms with van der Waals surface area (Å²) in [5.41, 5.74) is -1.42. The Bertz CT molecular complexity index is 728. The minimum Gasteiger partial charge on any atom is -0.469 e. The summed E-state index contributed by atoms with van der Waals surface area (Å²) in [6, 6.07) is 6.72. The van der Waals surface area contributed by atoms with Crippen molar-refractivity contribution in [1.82, 2.24) is 0 Å². The molecule has 0 N–H and O–H groups in total. The van der Waals surface area contributed by atoms with E-state index in [0.29, 0.717) is 11.3 Å². The van der Waals surface area contributed by atoms with Crippen molar-refractivity contribution in [2.45, 2.75) is 38.4 Å². The van der Waals surface area contributed by atoms with Crippen LogP contribution < -0.4 is 4.90 Å². The average Bonchev–Trinajstić information content (AvgIpc) is 2.85. The zero-order valence-electron chi connectivity index (χ0n) is 13.2. The summed E-state index contributed by atoms with van der Waals surface area (Å²) in [6.07, 6.45) is -0.957. The molecule has 2 amide bonds. The first-order chi connectivity index (χ1) is 10.7. The molecule has 1 atom stereocenters. The van der Waals surface area contributed by atoms with Gasteiger partial charge < -0.3 is 9.47 Å². The molecule has 0 bridgehead atoms. The van der Waals surface area contributed by atoms with Crippen LogP contribution in [0, 0.1) is 0 Å². The number of Topliss-reactive ketones (excluding diaryl/α,β-unsaturated/α-hetero) is 1. The number of imide groups is 1. The first-order valence-electron chi connectivity index (χ1n) is 7.24. The summed E-state index contributed by atoms with van der Waals surface area (Å²) in [6.45, 7) is 8.67. The van der Waals surface area contributed by atoms with E-state index in [1.165, 1.54) is 0 Å². The van der Waals surface area contributed by atoms with Crippen LogP contribution in [0.4, 0.5) is 10.5 Å². The standard InChI is InChI=1S/C17H17NO5/c1-10-13(19)9-17(22-10)11-7-5-6-8-12(11)18(14(17)20)15(21)23-16(2,3)4/h5-8H,1,9H2,2-4H3. The van der Waals surface area contributed by atoms with Crippen LogP contribution in [0.3, 0.4) is 0 Å². The molecule has 6 heteroatoms. The summed E-state index contributed by atoms with van der Waals surface area (Å²) >= 11 is 0. The van der Waals surface area contributed by atoms with Crippen LogP contribution in [-0.4, -0.2) is 23.4 Å². The molecule has 6 nitrogen and oxygen atoms in total. The van der Waals surface area contributed by atoms with Gasteiger partial charge in [0.25, 0.3) is 5.91 Å². The van der Waals surface area contributed by atoms with Gasteiger partial charge in [-0.25, -0.2) is 9.69 Å². The van der Waals surface area contributed by atoms with Gasteiger partial charge in [-0.15, -0.1) is 0 Å². The Morgan fingerprint density at radius 2 is 1.96 bits per heavy atom. The second kappa shape index (κ2) is 4.68. The fraction of sp³-hybridized carbons (Fsp3) is 0.353. The second-order valence-corrected chi connectivity index (χ2v) is 6.59. The molecule has 0 aliphatic carbocycles. The molecule has 23 heavy (non-hydrogen) atoms. The van der Waals surface area contributed by atoms with E-state index in [-0.39, 0.29) is 18.0 Å². The third-order valence-electron chi connectivity index (χ3n) is 3.72. The number of carbonyl (C=O) groups is 3. The van der Waals surface area contributed by atoms with Crippen LogP contribution in [0.15, 0.2) is 36.6 Å². The van der Waals surface area contributed by atoms with Crippen LogP contribution in [0.1, 0.15) is 32.8 Å². The molecule has 3 rings (SSSR count). The van der Waals surface area contributed by atoms with E-state index in [2.05, 4.69) is 6.58 Å². The summed E-state index contributed by atoms with van der Waals surface area (Å²) in [7, 11) is 0. The van der Waals surface area contributed by atoms with Gasteiger partial charge in [0.05, 0.1) is 12.1 Å². The zero-order chi connectivity index (χ0) is 17.0. The molecule has 0 aromatic heterocycles. The largest absolute Gasteiger partial charge is 0.469 e. The Balaban J connectivity index is 2.08. The molecule has 1 spiro atoms. The van der Waals surface area contributed by atoms with Crippen LogP contribution in [-0.2, 0) is 24.7 Å². The highest BCUT2D eigenvalue weighted by Crippen LogP contribution is 2.49. The fourth-order valence-electron chi connectivity index (χ4n) is 2.80. The van der Waals surface area contributed by atoms with Crippen molar-refractivity contribution in [3.8, 4) is 0 Å². The van der Waals surface area contributed by atoms with Crippen LogP contribution in [0.5, 0.6) is 0 Å². The first-order valence-corrected chi connectivity index (χ1v) is 7.24. The van der Waals surface area contributed by atoms with E-state index >= 15 is 0 Å². The topological polar surface area (TPSA) is 72.9 Å². The molecule has 1 fully saturated rings. The first kappa shape index (κ1) is 15.3. The molecule has 1 unspecified atom stereocenters. The lowest BCUT2D eigenvalue weighted by molar-refractivity contribution is -0.135. The number of allylic oxidation sites excluding steroid dienone is 1. The SMILES string of the molecule is C=C1OC2(CC1=O)C(=O)N(C(=O)OC(C)(C)C)c1ccccc12. The van der Waals surface area contributed by atoms with Crippen LogP contribution in [0.25, 0.3) is 0 Å². The van der Waals surface area contributed by atoms with E-state index in [1.807, 2.05) is 0 Å². The van der Waals surface area contributed by atoms with Crippen molar-refractivity contribution in [2.75, 3.05) is 4.90 Å². The van der Waals surface area contributed by atoms with Gasteiger partial charge in [0.2, 0.25) is 11.4 Å². The third-order valence-corrected chi connectivity index (χ3v) is 3.72. The number of rotatable bonds is 0. The number of amides is 2. The Morgan fingerprint density at radius 3 is 2.52 bits per heavy atom. The maximum atomic E-state index is 12.9.